The lowest BCUT2D eigenvalue weighted by atomic mass is 9.81. The second kappa shape index (κ2) is 7.94. The van der Waals surface area contributed by atoms with Crippen LogP contribution in [-0.2, 0) is 14.2 Å². The Hall–Kier alpha value is -2.37. The maximum Gasteiger partial charge on any atom is 0.410 e. The summed E-state index contributed by atoms with van der Waals surface area (Å²) in [4.78, 5) is 13.7. The highest BCUT2D eigenvalue weighted by Crippen LogP contribution is 2.36. The number of ether oxygens (including phenoxy) is 3. The van der Waals surface area contributed by atoms with E-state index in [0.717, 1.165) is 0 Å². The van der Waals surface area contributed by atoms with Crippen molar-refractivity contribution in [2.75, 3.05) is 38.2 Å². The molecule has 0 bridgehead atoms. The van der Waals surface area contributed by atoms with E-state index in [1.54, 1.807) is 11.0 Å². The molecule has 2 aliphatic heterocycles. The quantitative estimate of drug-likeness (QED) is 0.849. The van der Waals surface area contributed by atoms with Gasteiger partial charge in [0.1, 0.15) is 17.5 Å². The maximum atomic E-state index is 13.2. The normalized spacial score (nSPS) is 19.0. The van der Waals surface area contributed by atoms with Gasteiger partial charge in [-0.1, -0.05) is 0 Å². The number of benzene rings is 1. The minimum Gasteiger partial charge on any atom is -0.444 e. The number of amides is 1. The molecule has 2 heterocycles. The van der Waals surface area contributed by atoms with E-state index in [-0.39, 0.29) is 23.4 Å². The SMILES string of the molecule is CC(C)(C)OC(=O)N1CC2(COC(CCNc3ccc(F)cc3C#N)OC2)C1. The highest BCUT2D eigenvalue weighted by molar-refractivity contribution is 5.69. The Labute approximate surface area is 164 Å². The van der Waals surface area contributed by atoms with Crippen LogP contribution in [0.1, 0.15) is 32.8 Å². The smallest absolute Gasteiger partial charge is 0.410 e. The van der Waals surface area contributed by atoms with Crippen LogP contribution in [0.15, 0.2) is 18.2 Å². The average Bonchev–Trinajstić information content (AvgIpc) is 2.60. The zero-order chi connectivity index (χ0) is 20.4. The third kappa shape index (κ3) is 4.91. The molecule has 0 aliphatic carbocycles. The zero-order valence-electron chi connectivity index (χ0n) is 16.5. The minimum absolute atomic E-state index is 0.161. The molecule has 1 aromatic carbocycles. The van der Waals surface area contributed by atoms with Crippen molar-refractivity contribution in [3.63, 3.8) is 0 Å². The van der Waals surface area contributed by atoms with Crippen molar-refractivity contribution in [3.05, 3.63) is 29.6 Å². The Kier molecular flexibility index (Phi) is 5.77. The van der Waals surface area contributed by atoms with Gasteiger partial charge in [-0.05, 0) is 39.0 Å². The van der Waals surface area contributed by atoms with Gasteiger partial charge in [0.2, 0.25) is 0 Å². The van der Waals surface area contributed by atoms with Gasteiger partial charge in [0, 0.05) is 26.1 Å². The Morgan fingerprint density at radius 2 is 2.07 bits per heavy atom. The summed E-state index contributed by atoms with van der Waals surface area (Å²) < 4.78 is 30.2. The van der Waals surface area contributed by atoms with Crippen molar-refractivity contribution in [1.29, 1.82) is 5.26 Å². The molecule has 0 radical (unpaired) electrons. The first-order valence-electron chi connectivity index (χ1n) is 9.34. The predicted octanol–water partition coefficient (Wildman–Crippen LogP) is 3.11. The third-order valence-corrected chi connectivity index (χ3v) is 4.65. The molecule has 1 aromatic rings. The fourth-order valence-corrected chi connectivity index (χ4v) is 3.29. The number of rotatable bonds is 4. The van der Waals surface area contributed by atoms with E-state index in [1.807, 2.05) is 26.8 Å². The number of likely N-dealkylation sites (tertiary alicyclic amines) is 1. The van der Waals surface area contributed by atoms with Gasteiger partial charge >= 0.3 is 6.09 Å². The van der Waals surface area contributed by atoms with Crippen LogP contribution < -0.4 is 5.32 Å². The monoisotopic (exact) mass is 391 g/mol. The summed E-state index contributed by atoms with van der Waals surface area (Å²) in [5.74, 6) is -0.438. The lowest BCUT2D eigenvalue weighted by Crippen LogP contribution is -2.65. The Morgan fingerprint density at radius 1 is 1.39 bits per heavy atom. The van der Waals surface area contributed by atoms with E-state index in [9.17, 15) is 9.18 Å². The molecule has 0 aromatic heterocycles. The number of nitrogens with zero attached hydrogens (tertiary/aromatic N) is 2. The summed E-state index contributed by atoms with van der Waals surface area (Å²) >= 11 is 0. The summed E-state index contributed by atoms with van der Waals surface area (Å²) in [6, 6.07) is 6.03. The fraction of sp³-hybridized carbons (Fsp3) is 0.600. The summed E-state index contributed by atoms with van der Waals surface area (Å²) in [5, 5.41) is 12.2. The first-order chi connectivity index (χ1) is 13.2. The molecule has 1 amide bonds. The predicted molar refractivity (Wildman–Crippen MR) is 100 cm³/mol. The highest BCUT2D eigenvalue weighted by Gasteiger charge is 2.49. The molecule has 28 heavy (non-hydrogen) atoms. The fourth-order valence-electron chi connectivity index (χ4n) is 3.29. The van der Waals surface area contributed by atoms with Gasteiger partial charge in [-0.15, -0.1) is 0 Å². The number of carbonyl (C=O) groups excluding carboxylic acids is 1. The largest absolute Gasteiger partial charge is 0.444 e. The van der Waals surface area contributed by atoms with Crippen LogP contribution in [0.4, 0.5) is 14.9 Å². The van der Waals surface area contributed by atoms with Crippen molar-refractivity contribution in [1.82, 2.24) is 4.90 Å². The van der Waals surface area contributed by atoms with E-state index < -0.39 is 11.4 Å². The molecular weight excluding hydrogens is 365 g/mol. The lowest BCUT2D eigenvalue weighted by Gasteiger charge is -2.52. The van der Waals surface area contributed by atoms with Crippen LogP contribution in [-0.4, -0.2) is 55.7 Å². The van der Waals surface area contributed by atoms with E-state index in [0.29, 0.717) is 45.0 Å². The number of anilines is 1. The summed E-state index contributed by atoms with van der Waals surface area (Å²) in [5.41, 5.74) is 0.184. The van der Waals surface area contributed by atoms with Gasteiger partial charge in [0.05, 0.1) is 29.9 Å². The molecule has 3 rings (SSSR count). The van der Waals surface area contributed by atoms with Gasteiger partial charge < -0.3 is 24.4 Å². The topological polar surface area (TPSA) is 83.8 Å². The van der Waals surface area contributed by atoms with Crippen molar-refractivity contribution in [2.45, 2.75) is 39.1 Å². The van der Waals surface area contributed by atoms with E-state index in [4.69, 9.17) is 19.5 Å². The van der Waals surface area contributed by atoms with Crippen LogP contribution in [0.5, 0.6) is 0 Å². The number of nitriles is 1. The van der Waals surface area contributed by atoms with Crippen LogP contribution in [0, 0.1) is 22.6 Å². The Morgan fingerprint density at radius 3 is 2.68 bits per heavy atom. The molecule has 8 heteroatoms. The Bertz CT molecular complexity index is 756. The van der Waals surface area contributed by atoms with Crippen molar-refractivity contribution in [2.24, 2.45) is 5.41 Å². The van der Waals surface area contributed by atoms with Crippen LogP contribution in [0.3, 0.4) is 0 Å². The Balaban J connectivity index is 1.39. The van der Waals surface area contributed by atoms with Crippen molar-refractivity contribution in [3.8, 4) is 6.07 Å². The molecule has 2 saturated heterocycles. The van der Waals surface area contributed by atoms with Gasteiger partial charge in [-0.2, -0.15) is 5.26 Å². The second-order valence-corrected chi connectivity index (χ2v) is 8.41. The van der Waals surface area contributed by atoms with Gasteiger partial charge in [-0.25, -0.2) is 9.18 Å². The molecule has 2 fully saturated rings. The molecular formula is C20H26FN3O4. The highest BCUT2D eigenvalue weighted by atomic mass is 19.1. The lowest BCUT2D eigenvalue weighted by molar-refractivity contribution is -0.254. The van der Waals surface area contributed by atoms with E-state index in [1.165, 1.54) is 12.1 Å². The van der Waals surface area contributed by atoms with Crippen molar-refractivity contribution >= 4 is 11.8 Å². The first-order valence-corrected chi connectivity index (χ1v) is 9.34. The van der Waals surface area contributed by atoms with Crippen LogP contribution >= 0.6 is 0 Å². The van der Waals surface area contributed by atoms with Crippen molar-refractivity contribution < 1.29 is 23.4 Å². The number of hydrogen-bond donors (Lipinski definition) is 1. The third-order valence-electron chi connectivity index (χ3n) is 4.65. The van der Waals surface area contributed by atoms with Crippen LogP contribution in [0.25, 0.3) is 0 Å². The number of halogens is 1. The summed E-state index contributed by atoms with van der Waals surface area (Å²) in [6.07, 6.45) is -0.0644. The molecule has 0 unspecified atom stereocenters. The molecule has 7 nitrogen and oxygen atoms in total. The maximum absolute atomic E-state index is 13.2. The number of hydrogen-bond acceptors (Lipinski definition) is 6. The van der Waals surface area contributed by atoms with E-state index in [2.05, 4.69) is 5.32 Å². The van der Waals surface area contributed by atoms with Crippen LogP contribution in [0.2, 0.25) is 0 Å². The molecule has 1 N–H and O–H groups in total. The average molecular weight is 391 g/mol. The summed E-state index contributed by atoms with van der Waals surface area (Å²) in [6.45, 7) is 8.24. The molecule has 1 spiro atoms. The van der Waals surface area contributed by atoms with Gasteiger partial charge in [-0.3, -0.25) is 0 Å². The molecule has 0 saturated carbocycles. The standard InChI is InChI=1S/C20H26FN3O4/c1-19(2,3)28-18(25)24-10-20(11-24)12-26-17(27-13-20)6-7-23-16-5-4-15(21)8-14(16)9-22/h4-5,8,17,23H,6-7,10-13H2,1-3H3. The van der Waals surface area contributed by atoms with Gasteiger partial charge in [0.15, 0.2) is 6.29 Å². The second-order valence-electron chi connectivity index (χ2n) is 8.41. The number of nitrogens with one attached hydrogen (secondary N) is 1. The first kappa shape index (κ1) is 20.4. The molecule has 2 aliphatic rings. The number of carbonyl (C=O) groups is 1. The molecule has 152 valence electrons. The minimum atomic E-state index is -0.507. The summed E-state index contributed by atoms with van der Waals surface area (Å²) in [7, 11) is 0. The van der Waals surface area contributed by atoms with Gasteiger partial charge in [0.25, 0.3) is 0 Å². The van der Waals surface area contributed by atoms with E-state index >= 15 is 0 Å². The molecule has 0 atom stereocenters. The zero-order valence-corrected chi connectivity index (χ0v) is 16.5.